The molecule has 3 heterocycles. The first-order chi connectivity index (χ1) is 18.6. The number of nitrogens with zero attached hydrogens (tertiary/aromatic N) is 4. The average molecular weight is 581 g/mol. The number of hydrogen-bond acceptors (Lipinski definition) is 5. The van der Waals surface area contributed by atoms with Gasteiger partial charge in [0.15, 0.2) is 0 Å². The van der Waals surface area contributed by atoms with Gasteiger partial charge in [0.05, 0.1) is 28.8 Å². The molecule has 0 atom stereocenters. The molecule has 0 saturated carbocycles. The molecule has 0 aliphatic rings. The summed E-state index contributed by atoms with van der Waals surface area (Å²) in [6, 6.07) is 29.5. The van der Waals surface area contributed by atoms with E-state index in [0.29, 0.717) is 0 Å². The lowest BCUT2D eigenvalue weighted by molar-refractivity contribution is 0.801. The number of aromatic nitrogens is 3. The average Bonchev–Trinajstić information content (AvgIpc) is 3.53. The third kappa shape index (κ3) is 4.87. The van der Waals surface area contributed by atoms with Crippen LogP contribution in [0.25, 0.3) is 33.1 Å². The minimum absolute atomic E-state index is 0.255. The van der Waals surface area contributed by atoms with Gasteiger partial charge in [-0.15, -0.1) is 11.3 Å². The molecule has 1 N–H and O–H groups in total. The number of para-hydroxylation sites is 1. The minimum atomic E-state index is 0.255. The molecular weight excluding hydrogens is 554 g/mol. The van der Waals surface area contributed by atoms with Gasteiger partial charge in [0, 0.05) is 38.3 Å². The Balaban J connectivity index is 1.35. The zero-order valence-electron chi connectivity index (χ0n) is 21.1. The summed E-state index contributed by atoms with van der Waals surface area (Å²) in [5, 5.41) is 9.69. The summed E-state index contributed by atoms with van der Waals surface area (Å²) >= 11 is 5.01. The van der Waals surface area contributed by atoms with Crippen LogP contribution in [-0.2, 0) is 6.54 Å². The molecule has 0 saturated heterocycles. The lowest BCUT2D eigenvalue weighted by Crippen LogP contribution is -2.05. The number of hydrogen-bond donors (Lipinski definition) is 1. The number of pyridine rings is 1. The van der Waals surface area contributed by atoms with Gasteiger partial charge in [-0.05, 0) is 35.7 Å². The van der Waals surface area contributed by atoms with E-state index in [-0.39, 0.29) is 5.92 Å². The van der Waals surface area contributed by atoms with E-state index in [2.05, 4.69) is 111 Å². The second kappa shape index (κ2) is 10.5. The van der Waals surface area contributed by atoms with Crippen LogP contribution < -0.4 is 5.43 Å². The van der Waals surface area contributed by atoms with E-state index < -0.39 is 0 Å². The number of thiazole rings is 1. The largest absolute Gasteiger partial charge is 0.334 e. The Morgan fingerprint density at radius 1 is 0.947 bits per heavy atom. The molecule has 3 aromatic carbocycles. The summed E-state index contributed by atoms with van der Waals surface area (Å²) in [6.45, 7) is 5.20. The van der Waals surface area contributed by atoms with Crippen molar-refractivity contribution in [2.75, 3.05) is 5.43 Å². The number of halogens is 1. The highest BCUT2D eigenvalue weighted by molar-refractivity contribution is 9.10. The fourth-order valence-electron chi connectivity index (χ4n) is 4.76. The highest BCUT2D eigenvalue weighted by Crippen LogP contribution is 2.34. The first-order valence-electron chi connectivity index (χ1n) is 12.5. The van der Waals surface area contributed by atoms with Gasteiger partial charge in [0.1, 0.15) is 0 Å². The van der Waals surface area contributed by atoms with Crippen molar-refractivity contribution in [3.8, 4) is 11.3 Å². The lowest BCUT2D eigenvalue weighted by Gasteiger charge is -2.13. The summed E-state index contributed by atoms with van der Waals surface area (Å²) in [5.74, 6) is 0.255. The van der Waals surface area contributed by atoms with E-state index in [9.17, 15) is 0 Å². The maximum atomic E-state index is 5.06. The van der Waals surface area contributed by atoms with Gasteiger partial charge in [0.25, 0.3) is 0 Å². The highest BCUT2D eigenvalue weighted by Gasteiger charge is 2.18. The maximum absolute atomic E-state index is 5.06. The first-order valence-corrected chi connectivity index (χ1v) is 14.2. The van der Waals surface area contributed by atoms with Crippen molar-refractivity contribution in [2.45, 2.75) is 26.3 Å². The summed E-state index contributed by atoms with van der Waals surface area (Å²) < 4.78 is 3.45. The van der Waals surface area contributed by atoms with Crippen LogP contribution in [0.4, 0.5) is 5.13 Å². The summed E-state index contributed by atoms with van der Waals surface area (Å²) in [5.41, 5.74) is 10.6. The molecule has 188 valence electrons. The van der Waals surface area contributed by atoms with Crippen LogP contribution in [0, 0.1) is 0 Å². The van der Waals surface area contributed by atoms with E-state index >= 15 is 0 Å². The highest BCUT2D eigenvalue weighted by atomic mass is 79.9. The van der Waals surface area contributed by atoms with Gasteiger partial charge in [-0.2, -0.15) is 5.10 Å². The SMILES string of the molecule is CC(C)c1nc(/C=N/Nc2nc(-c3ccc(Br)cc3)cs2)cc2c3ccccc3n(Cc3ccccc3)c12. The molecule has 0 amide bonds. The number of rotatable bonds is 7. The van der Waals surface area contributed by atoms with Gasteiger partial charge in [-0.25, -0.2) is 9.97 Å². The maximum Gasteiger partial charge on any atom is 0.203 e. The Bertz CT molecular complexity index is 1750. The lowest BCUT2D eigenvalue weighted by atomic mass is 10.0. The fourth-order valence-corrected chi connectivity index (χ4v) is 5.69. The molecule has 5 nitrogen and oxygen atoms in total. The van der Waals surface area contributed by atoms with Crippen molar-refractivity contribution in [3.05, 3.63) is 112 Å². The first kappa shape index (κ1) is 24.5. The number of fused-ring (bicyclic) bond motifs is 3. The van der Waals surface area contributed by atoms with Crippen LogP contribution in [-0.4, -0.2) is 20.7 Å². The number of anilines is 1. The molecule has 0 aliphatic heterocycles. The van der Waals surface area contributed by atoms with Crippen LogP contribution in [0.15, 0.2) is 99.9 Å². The molecule has 0 unspecified atom stereocenters. The topological polar surface area (TPSA) is 55.1 Å². The quantitative estimate of drug-likeness (QED) is 0.152. The molecular formula is C31H26BrN5S. The Kier molecular flexibility index (Phi) is 6.79. The molecule has 7 heteroatoms. The van der Waals surface area contributed by atoms with Crippen molar-refractivity contribution >= 4 is 60.4 Å². The normalized spacial score (nSPS) is 11.8. The van der Waals surface area contributed by atoms with Crippen molar-refractivity contribution in [1.29, 1.82) is 0 Å². The van der Waals surface area contributed by atoms with Gasteiger partial charge in [0.2, 0.25) is 5.13 Å². The van der Waals surface area contributed by atoms with E-state index in [0.717, 1.165) is 38.8 Å². The Morgan fingerprint density at radius 3 is 2.50 bits per heavy atom. The summed E-state index contributed by atoms with van der Waals surface area (Å²) in [4.78, 5) is 9.73. The second-order valence-corrected chi connectivity index (χ2v) is 11.3. The van der Waals surface area contributed by atoms with Crippen molar-refractivity contribution in [3.63, 3.8) is 0 Å². The van der Waals surface area contributed by atoms with Gasteiger partial charge in [-0.1, -0.05) is 90.4 Å². The van der Waals surface area contributed by atoms with Crippen molar-refractivity contribution in [2.24, 2.45) is 5.10 Å². The van der Waals surface area contributed by atoms with Crippen molar-refractivity contribution in [1.82, 2.24) is 14.5 Å². The van der Waals surface area contributed by atoms with Crippen LogP contribution >= 0.6 is 27.3 Å². The predicted molar refractivity (Wildman–Crippen MR) is 163 cm³/mol. The molecule has 0 aliphatic carbocycles. The van der Waals surface area contributed by atoms with Crippen LogP contribution in [0.3, 0.4) is 0 Å². The molecule has 6 rings (SSSR count). The number of nitrogens with one attached hydrogen (secondary N) is 1. The molecule has 38 heavy (non-hydrogen) atoms. The van der Waals surface area contributed by atoms with E-state index in [1.54, 1.807) is 6.21 Å². The zero-order chi connectivity index (χ0) is 26.1. The number of benzene rings is 3. The van der Waals surface area contributed by atoms with Crippen molar-refractivity contribution < 1.29 is 0 Å². The van der Waals surface area contributed by atoms with Gasteiger partial charge in [-0.3, -0.25) is 5.43 Å². The zero-order valence-corrected chi connectivity index (χ0v) is 23.5. The molecule has 0 fully saturated rings. The second-order valence-electron chi connectivity index (χ2n) is 9.49. The minimum Gasteiger partial charge on any atom is -0.334 e. The Labute approximate surface area is 234 Å². The monoisotopic (exact) mass is 579 g/mol. The summed E-state index contributed by atoms with van der Waals surface area (Å²) in [6.07, 6.45) is 1.79. The molecule has 0 spiro atoms. The van der Waals surface area contributed by atoms with E-state index in [1.807, 2.05) is 29.6 Å². The standard InChI is InChI=1S/C31H26BrN5S/c1-20(2)29-30-26(25-10-6-7-11-28(25)37(30)18-21-8-4-3-5-9-21)16-24(34-29)17-33-36-31-35-27(19-38-31)22-12-14-23(32)15-13-22/h3-17,19-20H,18H2,1-2H3,(H,35,36)/b33-17+. The smallest absolute Gasteiger partial charge is 0.203 e. The molecule has 3 aromatic heterocycles. The van der Waals surface area contributed by atoms with Crippen LogP contribution in [0.2, 0.25) is 0 Å². The molecule has 0 radical (unpaired) electrons. The fraction of sp³-hybridized carbons (Fsp3) is 0.129. The Morgan fingerprint density at radius 2 is 1.71 bits per heavy atom. The van der Waals surface area contributed by atoms with Gasteiger partial charge >= 0.3 is 0 Å². The molecule has 6 aromatic rings. The predicted octanol–water partition coefficient (Wildman–Crippen LogP) is 8.69. The van der Waals surface area contributed by atoms with Crippen LogP contribution in [0.1, 0.15) is 36.7 Å². The van der Waals surface area contributed by atoms with Gasteiger partial charge < -0.3 is 4.57 Å². The number of hydrazone groups is 1. The third-order valence-corrected chi connectivity index (χ3v) is 7.80. The summed E-state index contributed by atoms with van der Waals surface area (Å²) in [7, 11) is 0. The van der Waals surface area contributed by atoms with E-state index in [4.69, 9.17) is 4.98 Å². The third-order valence-electron chi connectivity index (χ3n) is 6.53. The van der Waals surface area contributed by atoms with Crippen LogP contribution in [0.5, 0.6) is 0 Å². The van der Waals surface area contributed by atoms with E-state index in [1.165, 1.54) is 38.7 Å². The molecule has 0 bridgehead atoms. The Hall–Kier alpha value is -3.81.